The molecule has 3 amide bonds. The Morgan fingerprint density at radius 3 is 2.00 bits per heavy atom. The predicted octanol–water partition coefficient (Wildman–Crippen LogP) is 1.76. The summed E-state index contributed by atoms with van der Waals surface area (Å²) in [6.07, 6.45) is 0. The number of nitrogens with one attached hydrogen (secondary N) is 3. The lowest BCUT2D eigenvalue weighted by Gasteiger charge is -2.10. The first-order chi connectivity index (χ1) is 12.0. The Balaban J connectivity index is 1.88. The van der Waals surface area contributed by atoms with Crippen molar-refractivity contribution in [3.8, 4) is 11.5 Å². The summed E-state index contributed by atoms with van der Waals surface area (Å²) >= 11 is 0. The van der Waals surface area contributed by atoms with Crippen molar-refractivity contribution < 1.29 is 19.1 Å². The molecule has 7 heteroatoms. The predicted molar refractivity (Wildman–Crippen MR) is 91.8 cm³/mol. The molecular formula is C18H19N3O4. The SMILES string of the molecule is CC(C)NC(=O)C(=O)NNC(=O)c1ccc(Oc2ccccc2)cc1. The van der Waals surface area contributed by atoms with Crippen LogP contribution in [0, 0.1) is 0 Å². The lowest BCUT2D eigenvalue weighted by atomic mass is 10.2. The largest absolute Gasteiger partial charge is 0.457 e. The van der Waals surface area contributed by atoms with Crippen LogP contribution in [0.4, 0.5) is 0 Å². The highest BCUT2D eigenvalue weighted by Crippen LogP contribution is 2.20. The summed E-state index contributed by atoms with van der Waals surface area (Å²) in [4.78, 5) is 34.9. The van der Waals surface area contributed by atoms with Gasteiger partial charge < -0.3 is 10.1 Å². The summed E-state index contributed by atoms with van der Waals surface area (Å²) in [5, 5.41) is 2.42. The molecule has 0 atom stereocenters. The van der Waals surface area contributed by atoms with Crippen molar-refractivity contribution in [1.29, 1.82) is 0 Å². The zero-order valence-corrected chi connectivity index (χ0v) is 13.9. The van der Waals surface area contributed by atoms with Crippen LogP contribution >= 0.6 is 0 Å². The van der Waals surface area contributed by atoms with E-state index in [-0.39, 0.29) is 6.04 Å². The number of ether oxygens (including phenoxy) is 1. The van der Waals surface area contributed by atoms with Crippen molar-refractivity contribution in [2.75, 3.05) is 0 Å². The summed E-state index contributed by atoms with van der Waals surface area (Å²) in [5.41, 5.74) is 4.55. The third-order valence-corrected chi connectivity index (χ3v) is 3.01. The van der Waals surface area contributed by atoms with Gasteiger partial charge >= 0.3 is 11.8 Å². The van der Waals surface area contributed by atoms with Crippen molar-refractivity contribution in [2.45, 2.75) is 19.9 Å². The minimum Gasteiger partial charge on any atom is -0.457 e. The molecular weight excluding hydrogens is 322 g/mol. The van der Waals surface area contributed by atoms with Crippen molar-refractivity contribution in [3.05, 3.63) is 60.2 Å². The second kappa shape index (κ2) is 8.49. The summed E-state index contributed by atoms with van der Waals surface area (Å²) in [7, 11) is 0. The number of para-hydroxylation sites is 1. The van der Waals surface area contributed by atoms with Crippen LogP contribution in [0.1, 0.15) is 24.2 Å². The molecule has 130 valence electrons. The number of benzene rings is 2. The Morgan fingerprint density at radius 1 is 0.800 bits per heavy atom. The van der Waals surface area contributed by atoms with Gasteiger partial charge in [-0.3, -0.25) is 25.2 Å². The molecule has 2 aromatic rings. The average molecular weight is 341 g/mol. The molecule has 0 aliphatic rings. The number of rotatable bonds is 4. The van der Waals surface area contributed by atoms with Crippen LogP contribution in [0.2, 0.25) is 0 Å². The topological polar surface area (TPSA) is 96.5 Å². The van der Waals surface area contributed by atoms with Crippen molar-refractivity contribution in [1.82, 2.24) is 16.2 Å². The zero-order chi connectivity index (χ0) is 18.2. The standard InChI is InChI=1S/C18H19N3O4/c1-12(2)19-17(23)18(24)21-20-16(22)13-8-10-15(11-9-13)25-14-6-4-3-5-7-14/h3-12H,1-2H3,(H,19,23)(H,20,22)(H,21,24). The summed E-state index contributed by atoms with van der Waals surface area (Å²) in [6, 6.07) is 15.4. The molecule has 0 bridgehead atoms. The van der Waals surface area contributed by atoms with E-state index < -0.39 is 17.7 Å². The van der Waals surface area contributed by atoms with Crippen LogP contribution in [0.15, 0.2) is 54.6 Å². The van der Waals surface area contributed by atoms with E-state index in [1.165, 1.54) is 0 Å². The Kier molecular flexibility index (Phi) is 6.11. The van der Waals surface area contributed by atoms with Crippen LogP contribution < -0.4 is 20.9 Å². The van der Waals surface area contributed by atoms with Crippen LogP contribution in [-0.2, 0) is 9.59 Å². The minimum absolute atomic E-state index is 0.175. The number of hydrazine groups is 1. The van der Waals surface area contributed by atoms with E-state index in [2.05, 4.69) is 16.2 Å². The van der Waals surface area contributed by atoms with Gasteiger partial charge in [0.15, 0.2) is 0 Å². The first-order valence-corrected chi connectivity index (χ1v) is 7.70. The van der Waals surface area contributed by atoms with Crippen LogP contribution in [0.25, 0.3) is 0 Å². The Labute approximate surface area is 145 Å². The van der Waals surface area contributed by atoms with E-state index in [0.29, 0.717) is 17.1 Å². The fourth-order valence-electron chi connectivity index (χ4n) is 1.87. The summed E-state index contributed by atoms with van der Waals surface area (Å²) in [6.45, 7) is 3.45. The van der Waals surface area contributed by atoms with Crippen LogP contribution in [0.5, 0.6) is 11.5 Å². The fraction of sp³-hybridized carbons (Fsp3) is 0.167. The molecule has 0 aliphatic heterocycles. The smallest absolute Gasteiger partial charge is 0.327 e. The van der Waals surface area contributed by atoms with Crippen LogP contribution in [-0.4, -0.2) is 23.8 Å². The third-order valence-electron chi connectivity index (χ3n) is 3.01. The molecule has 0 saturated heterocycles. The van der Waals surface area contributed by atoms with E-state index >= 15 is 0 Å². The summed E-state index contributed by atoms with van der Waals surface area (Å²) in [5.74, 6) is -1.05. The first-order valence-electron chi connectivity index (χ1n) is 7.70. The Bertz CT molecular complexity index is 743. The van der Waals surface area contributed by atoms with Gasteiger partial charge in [0, 0.05) is 11.6 Å². The van der Waals surface area contributed by atoms with Gasteiger partial charge in [-0.15, -0.1) is 0 Å². The van der Waals surface area contributed by atoms with Crippen molar-refractivity contribution >= 4 is 17.7 Å². The monoisotopic (exact) mass is 341 g/mol. The van der Waals surface area contributed by atoms with E-state index in [1.807, 2.05) is 30.3 Å². The number of carbonyl (C=O) groups excluding carboxylic acids is 3. The molecule has 0 unspecified atom stereocenters. The molecule has 0 radical (unpaired) electrons. The highest BCUT2D eigenvalue weighted by molar-refractivity contribution is 6.35. The molecule has 0 fully saturated rings. The number of amides is 3. The first kappa shape index (κ1) is 18.0. The molecule has 0 spiro atoms. The minimum atomic E-state index is -0.939. The number of carbonyl (C=O) groups is 3. The van der Waals surface area contributed by atoms with Gasteiger partial charge in [0.1, 0.15) is 11.5 Å². The molecule has 2 aromatic carbocycles. The number of hydrogen-bond donors (Lipinski definition) is 3. The number of hydrogen-bond acceptors (Lipinski definition) is 4. The molecule has 0 aromatic heterocycles. The van der Waals surface area contributed by atoms with Crippen molar-refractivity contribution in [2.24, 2.45) is 0 Å². The second-order valence-corrected chi connectivity index (χ2v) is 5.48. The van der Waals surface area contributed by atoms with Gasteiger partial charge in [-0.1, -0.05) is 18.2 Å². The Morgan fingerprint density at radius 2 is 1.40 bits per heavy atom. The van der Waals surface area contributed by atoms with Gasteiger partial charge in [0.25, 0.3) is 5.91 Å². The van der Waals surface area contributed by atoms with E-state index in [4.69, 9.17) is 4.74 Å². The van der Waals surface area contributed by atoms with Crippen LogP contribution in [0.3, 0.4) is 0 Å². The summed E-state index contributed by atoms with van der Waals surface area (Å²) < 4.78 is 5.63. The highest BCUT2D eigenvalue weighted by atomic mass is 16.5. The normalized spacial score (nSPS) is 10.0. The third kappa shape index (κ3) is 5.65. The average Bonchev–Trinajstić information content (AvgIpc) is 2.60. The maximum absolute atomic E-state index is 12.0. The lowest BCUT2D eigenvalue weighted by Crippen LogP contribution is -2.49. The quantitative estimate of drug-likeness (QED) is 0.583. The van der Waals surface area contributed by atoms with Crippen molar-refractivity contribution in [3.63, 3.8) is 0 Å². The van der Waals surface area contributed by atoms with E-state index in [9.17, 15) is 14.4 Å². The van der Waals surface area contributed by atoms with Gasteiger partial charge in [-0.05, 0) is 50.2 Å². The molecule has 0 heterocycles. The maximum atomic E-state index is 12.0. The maximum Gasteiger partial charge on any atom is 0.327 e. The molecule has 7 nitrogen and oxygen atoms in total. The second-order valence-electron chi connectivity index (χ2n) is 5.48. The van der Waals surface area contributed by atoms with E-state index in [0.717, 1.165) is 0 Å². The molecule has 2 rings (SSSR count). The molecule has 3 N–H and O–H groups in total. The molecule has 0 aliphatic carbocycles. The van der Waals surface area contributed by atoms with Gasteiger partial charge in [0.05, 0.1) is 0 Å². The van der Waals surface area contributed by atoms with Gasteiger partial charge in [-0.2, -0.15) is 0 Å². The van der Waals surface area contributed by atoms with Gasteiger partial charge in [-0.25, -0.2) is 0 Å². The van der Waals surface area contributed by atoms with E-state index in [1.54, 1.807) is 38.1 Å². The highest BCUT2D eigenvalue weighted by Gasteiger charge is 2.15. The fourth-order valence-corrected chi connectivity index (χ4v) is 1.87. The molecule has 0 saturated carbocycles. The Hall–Kier alpha value is -3.35. The van der Waals surface area contributed by atoms with Gasteiger partial charge in [0.2, 0.25) is 0 Å². The lowest BCUT2D eigenvalue weighted by molar-refractivity contribution is -0.139. The zero-order valence-electron chi connectivity index (χ0n) is 13.9. The molecule has 25 heavy (non-hydrogen) atoms.